The van der Waals surface area contributed by atoms with Crippen molar-refractivity contribution in [2.45, 2.75) is 64.5 Å². The first-order chi connectivity index (χ1) is 21.9. The summed E-state index contributed by atoms with van der Waals surface area (Å²) in [6, 6.07) is 8.36. The van der Waals surface area contributed by atoms with Gasteiger partial charge in [0, 0.05) is 17.7 Å². The molecule has 1 aliphatic carbocycles. The summed E-state index contributed by atoms with van der Waals surface area (Å²) in [6.07, 6.45) is -8.86. The molecule has 2 heterocycles. The highest BCUT2D eigenvalue weighted by Crippen LogP contribution is 2.47. The number of cyclic esters (lactones) is 1. The topological polar surface area (TPSA) is 89.0 Å². The van der Waals surface area contributed by atoms with E-state index in [0.717, 1.165) is 17.6 Å². The van der Waals surface area contributed by atoms with Crippen LogP contribution in [0.25, 0.3) is 16.8 Å². The molecule has 3 aromatic rings. The maximum Gasteiger partial charge on any atom is 0.416 e. The molecule has 0 spiro atoms. The second kappa shape index (κ2) is 12.2. The molecule has 1 N–H and O–H groups in total. The molecule has 1 fully saturated rings. The Labute approximate surface area is 266 Å². The standard InChI is InChI=1S/C34H32F6N2O5/c1-18-29(21-11-23(33(35,36)37)13-24(12-21)34(38,39)40)47-31(45)42(18)17-22-15-32(2,3)10-9-25(22)26-14-27(41-16-28(26)46-4)19-5-7-20(8-6-19)30(43)44/h5-8,11-14,16,18,29H,9-10,15,17H2,1-4H3,(H,43,44). The first-order valence-electron chi connectivity index (χ1n) is 14.7. The number of benzene rings is 2. The molecule has 1 saturated heterocycles. The summed E-state index contributed by atoms with van der Waals surface area (Å²) in [5, 5.41) is 9.26. The molecule has 2 atom stereocenters. The second-order valence-electron chi connectivity index (χ2n) is 12.6. The molecule has 2 aromatic carbocycles. The third kappa shape index (κ3) is 7.08. The van der Waals surface area contributed by atoms with E-state index < -0.39 is 53.3 Å². The Bertz CT molecular complexity index is 1700. The molecule has 47 heavy (non-hydrogen) atoms. The summed E-state index contributed by atoms with van der Waals surface area (Å²) in [7, 11) is 1.49. The van der Waals surface area contributed by atoms with Gasteiger partial charge >= 0.3 is 24.4 Å². The van der Waals surface area contributed by atoms with E-state index in [4.69, 9.17) is 9.47 Å². The summed E-state index contributed by atoms with van der Waals surface area (Å²) in [5.41, 5.74) is 0.191. The highest BCUT2D eigenvalue weighted by atomic mass is 19.4. The fourth-order valence-electron chi connectivity index (χ4n) is 6.18. The van der Waals surface area contributed by atoms with Crippen molar-refractivity contribution in [3.63, 3.8) is 0 Å². The van der Waals surface area contributed by atoms with Crippen LogP contribution < -0.4 is 4.74 Å². The van der Waals surface area contributed by atoms with Crippen LogP contribution >= 0.6 is 0 Å². The van der Waals surface area contributed by atoms with Gasteiger partial charge in [-0.05, 0) is 84.7 Å². The van der Waals surface area contributed by atoms with Crippen LogP contribution in [0.3, 0.4) is 0 Å². The van der Waals surface area contributed by atoms with E-state index in [1.165, 1.54) is 31.1 Å². The number of alkyl halides is 6. The van der Waals surface area contributed by atoms with Gasteiger partial charge in [-0.25, -0.2) is 9.59 Å². The number of pyridine rings is 1. The minimum absolute atomic E-state index is 0.0223. The summed E-state index contributed by atoms with van der Waals surface area (Å²) in [4.78, 5) is 30.3. The molecule has 0 bridgehead atoms. The van der Waals surface area contributed by atoms with E-state index in [1.807, 2.05) is 6.07 Å². The molecule has 2 unspecified atom stereocenters. The predicted molar refractivity (Wildman–Crippen MR) is 160 cm³/mol. The Morgan fingerprint density at radius 2 is 1.66 bits per heavy atom. The van der Waals surface area contributed by atoms with E-state index >= 15 is 0 Å². The van der Waals surface area contributed by atoms with Gasteiger partial charge in [0.05, 0.1) is 41.7 Å². The zero-order valence-electron chi connectivity index (χ0n) is 25.9. The van der Waals surface area contributed by atoms with Gasteiger partial charge in [0.15, 0.2) is 0 Å². The lowest BCUT2D eigenvalue weighted by Crippen LogP contribution is -2.35. The molecule has 1 aliphatic heterocycles. The van der Waals surface area contributed by atoms with Gasteiger partial charge < -0.3 is 14.6 Å². The molecule has 250 valence electrons. The van der Waals surface area contributed by atoms with Crippen molar-refractivity contribution in [1.82, 2.24) is 9.88 Å². The number of carbonyl (C=O) groups is 2. The van der Waals surface area contributed by atoms with Crippen molar-refractivity contribution in [1.29, 1.82) is 0 Å². The number of hydrogen-bond donors (Lipinski definition) is 1. The van der Waals surface area contributed by atoms with Crippen LogP contribution in [-0.4, -0.2) is 46.7 Å². The average Bonchev–Trinajstić information content (AvgIpc) is 3.28. The smallest absolute Gasteiger partial charge is 0.416 e. The SMILES string of the molecule is COc1cnc(-c2ccc(C(=O)O)cc2)cc1C1=C(CN2C(=O)OC(c3cc(C(F)(F)F)cc(C(F)(F)F)c3)C2C)CC(C)(C)CC1. The van der Waals surface area contributed by atoms with Crippen LogP contribution in [0.15, 0.2) is 60.3 Å². The Hall–Kier alpha value is -4.55. The maximum atomic E-state index is 13.6. The predicted octanol–water partition coefficient (Wildman–Crippen LogP) is 9.04. The fourth-order valence-corrected chi connectivity index (χ4v) is 6.18. The van der Waals surface area contributed by atoms with Gasteiger partial charge in [-0.1, -0.05) is 26.0 Å². The fraction of sp³-hybridized carbons (Fsp3) is 0.382. The third-order valence-corrected chi connectivity index (χ3v) is 8.70. The Morgan fingerprint density at radius 3 is 2.21 bits per heavy atom. The van der Waals surface area contributed by atoms with Crippen molar-refractivity contribution in [2.75, 3.05) is 13.7 Å². The number of hydrogen-bond acceptors (Lipinski definition) is 5. The number of nitrogens with zero attached hydrogens (tertiary/aromatic N) is 2. The summed E-state index contributed by atoms with van der Waals surface area (Å²) in [6.45, 7) is 5.69. The van der Waals surface area contributed by atoms with Gasteiger partial charge in [0.1, 0.15) is 11.9 Å². The van der Waals surface area contributed by atoms with Gasteiger partial charge in [0.25, 0.3) is 0 Å². The first kappa shape index (κ1) is 33.8. The van der Waals surface area contributed by atoms with Gasteiger partial charge in [-0.2, -0.15) is 26.3 Å². The number of ether oxygens (including phenoxy) is 2. The molecule has 2 aliphatic rings. The second-order valence-corrected chi connectivity index (χ2v) is 12.6. The number of carbonyl (C=O) groups excluding carboxylic acids is 1. The molecule has 13 heteroatoms. The van der Waals surface area contributed by atoms with Crippen molar-refractivity contribution in [3.05, 3.63) is 88.1 Å². The lowest BCUT2D eigenvalue weighted by molar-refractivity contribution is -0.143. The van der Waals surface area contributed by atoms with E-state index in [-0.39, 0.29) is 23.6 Å². The number of carboxylic acid groups (broad SMARTS) is 1. The highest BCUT2D eigenvalue weighted by Gasteiger charge is 2.44. The number of allylic oxidation sites excluding steroid dienone is 1. The number of carboxylic acids is 1. The molecule has 7 nitrogen and oxygen atoms in total. The summed E-state index contributed by atoms with van der Waals surface area (Å²) < 4.78 is 92.6. The van der Waals surface area contributed by atoms with Crippen LogP contribution in [0.1, 0.15) is 78.7 Å². The third-order valence-electron chi connectivity index (χ3n) is 8.70. The zero-order valence-corrected chi connectivity index (χ0v) is 25.9. The van der Waals surface area contributed by atoms with E-state index in [0.29, 0.717) is 47.5 Å². The largest absolute Gasteiger partial charge is 0.495 e. The van der Waals surface area contributed by atoms with E-state index in [1.54, 1.807) is 18.3 Å². The lowest BCUT2D eigenvalue weighted by Gasteiger charge is -2.36. The first-order valence-corrected chi connectivity index (χ1v) is 14.7. The van der Waals surface area contributed by atoms with Gasteiger partial charge in [0.2, 0.25) is 0 Å². The number of aromatic carboxylic acids is 1. The number of methoxy groups -OCH3 is 1. The maximum absolute atomic E-state index is 13.6. The number of rotatable bonds is 7. The lowest BCUT2D eigenvalue weighted by atomic mass is 9.72. The highest BCUT2D eigenvalue weighted by molar-refractivity contribution is 5.88. The van der Waals surface area contributed by atoms with E-state index in [2.05, 4.69) is 18.8 Å². The summed E-state index contributed by atoms with van der Waals surface area (Å²) in [5.74, 6) is -0.605. The molecule has 1 amide bonds. The van der Waals surface area contributed by atoms with Crippen molar-refractivity contribution >= 4 is 17.6 Å². The monoisotopic (exact) mass is 662 g/mol. The Kier molecular flexibility index (Phi) is 8.80. The molecular formula is C34H32F6N2O5. The van der Waals surface area contributed by atoms with Crippen molar-refractivity contribution in [3.8, 4) is 17.0 Å². The summed E-state index contributed by atoms with van der Waals surface area (Å²) >= 11 is 0. The minimum Gasteiger partial charge on any atom is -0.495 e. The molecule has 0 saturated carbocycles. The van der Waals surface area contributed by atoms with Gasteiger partial charge in [-0.3, -0.25) is 9.88 Å². The Balaban J connectivity index is 1.53. The number of amides is 1. The van der Waals surface area contributed by atoms with Crippen LogP contribution in [-0.2, 0) is 17.1 Å². The molecule has 5 rings (SSSR count). The number of aromatic nitrogens is 1. The van der Waals surface area contributed by atoms with Crippen LogP contribution in [0.4, 0.5) is 31.1 Å². The van der Waals surface area contributed by atoms with Crippen LogP contribution in [0.2, 0.25) is 0 Å². The average molecular weight is 663 g/mol. The molecule has 1 aromatic heterocycles. The van der Waals surface area contributed by atoms with Crippen LogP contribution in [0, 0.1) is 5.41 Å². The Morgan fingerprint density at radius 1 is 1.04 bits per heavy atom. The van der Waals surface area contributed by atoms with Crippen LogP contribution in [0.5, 0.6) is 5.75 Å². The molecule has 0 radical (unpaired) electrons. The zero-order chi connectivity index (χ0) is 34.5. The van der Waals surface area contributed by atoms with Gasteiger partial charge in [-0.15, -0.1) is 0 Å². The normalized spacial score (nSPS) is 20.0. The molecular weight excluding hydrogens is 630 g/mol. The number of halogens is 6. The van der Waals surface area contributed by atoms with E-state index in [9.17, 15) is 41.0 Å². The van der Waals surface area contributed by atoms with Crippen molar-refractivity contribution in [2.24, 2.45) is 5.41 Å². The minimum atomic E-state index is -5.05. The quantitative estimate of drug-likeness (QED) is 0.254. The van der Waals surface area contributed by atoms with Crippen molar-refractivity contribution < 1.29 is 50.5 Å².